The minimum Gasteiger partial charge on any atom is -0.355 e. The molecule has 31 heavy (non-hydrogen) atoms. The number of hydrogen-bond acceptors (Lipinski definition) is 6. The van der Waals surface area contributed by atoms with E-state index >= 15 is 0 Å². The summed E-state index contributed by atoms with van der Waals surface area (Å²) < 4.78 is 1.83. The van der Waals surface area contributed by atoms with Crippen molar-refractivity contribution in [1.29, 1.82) is 5.26 Å². The molecule has 3 rings (SSSR count). The van der Waals surface area contributed by atoms with Gasteiger partial charge in [-0.05, 0) is 43.5 Å². The highest BCUT2D eigenvalue weighted by atomic mass is 35.5. The maximum absolute atomic E-state index is 9.41. The van der Waals surface area contributed by atoms with Crippen LogP contribution in [-0.4, -0.2) is 38.7 Å². The van der Waals surface area contributed by atoms with Crippen LogP contribution >= 0.6 is 11.6 Å². The van der Waals surface area contributed by atoms with E-state index in [4.69, 9.17) is 16.6 Å². The third-order valence-corrected chi connectivity index (χ3v) is 5.49. The lowest BCUT2D eigenvalue weighted by molar-refractivity contribution is 0.396. The van der Waals surface area contributed by atoms with Gasteiger partial charge in [0.25, 0.3) is 0 Å². The summed E-state index contributed by atoms with van der Waals surface area (Å²) >= 11 is 6.15. The number of pyridine rings is 2. The van der Waals surface area contributed by atoms with Crippen molar-refractivity contribution in [2.45, 2.75) is 40.2 Å². The topological polar surface area (TPSA) is 73.9 Å². The minimum atomic E-state index is 0.344. The zero-order chi connectivity index (χ0) is 22.9. The Morgan fingerprint density at radius 3 is 2.55 bits per heavy atom. The van der Waals surface area contributed by atoms with E-state index in [1.54, 1.807) is 6.07 Å². The van der Waals surface area contributed by atoms with E-state index in [-0.39, 0.29) is 0 Å². The molecule has 0 aromatic carbocycles. The summed E-state index contributed by atoms with van der Waals surface area (Å²) in [5.41, 5.74) is 5.69. The molecule has 0 radical (unpaired) electrons. The van der Waals surface area contributed by atoms with E-state index < -0.39 is 0 Å². The summed E-state index contributed by atoms with van der Waals surface area (Å²) in [5, 5.41) is 15.5. The van der Waals surface area contributed by atoms with Gasteiger partial charge in [0.15, 0.2) is 5.65 Å². The molecule has 0 aliphatic heterocycles. The molecule has 0 saturated carbocycles. The molecule has 162 valence electrons. The quantitative estimate of drug-likeness (QED) is 0.411. The third-order valence-electron chi connectivity index (χ3n) is 5.30. The number of nitrogens with zero attached hydrogens (tertiary/aromatic N) is 7. The van der Waals surface area contributed by atoms with E-state index in [2.05, 4.69) is 36.1 Å². The molecule has 0 aliphatic rings. The molecule has 0 unspecified atom stereocenters. The van der Waals surface area contributed by atoms with Gasteiger partial charge in [-0.2, -0.15) is 10.4 Å². The fourth-order valence-electron chi connectivity index (χ4n) is 3.85. The van der Waals surface area contributed by atoms with Gasteiger partial charge in [0, 0.05) is 37.9 Å². The molecule has 0 amide bonds. The first-order valence-electron chi connectivity index (χ1n) is 10.1. The van der Waals surface area contributed by atoms with Crippen LogP contribution in [0.2, 0.25) is 5.15 Å². The molecule has 0 N–H and O–H groups in total. The predicted molar refractivity (Wildman–Crippen MR) is 125 cm³/mol. The predicted octanol–water partition coefficient (Wildman–Crippen LogP) is 4.69. The van der Waals surface area contributed by atoms with E-state index in [1.807, 2.05) is 55.5 Å². The zero-order valence-corrected chi connectivity index (χ0v) is 19.9. The number of halogens is 1. The lowest BCUT2D eigenvalue weighted by Crippen LogP contribution is -2.30. The Bertz CT molecular complexity index is 1170. The monoisotopic (exact) mass is 437 g/mol. The molecule has 0 fully saturated rings. The molecule has 0 spiro atoms. The summed E-state index contributed by atoms with van der Waals surface area (Å²) in [4.78, 5) is 13.0. The van der Waals surface area contributed by atoms with Crippen molar-refractivity contribution in [3.05, 3.63) is 57.9 Å². The first-order valence-corrected chi connectivity index (χ1v) is 10.5. The third kappa shape index (κ3) is 4.64. The first-order chi connectivity index (χ1) is 14.6. The van der Waals surface area contributed by atoms with Gasteiger partial charge in [0.2, 0.25) is 0 Å². The molecular formula is C23H28ClN7. The lowest BCUT2D eigenvalue weighted by Gasteiger charge is -2.30. The second kappa shape index (κ2) is 8.94. The molecule has 0 atom stereocenters. The number of nitriles is 1. The Morgan fingerprint density at radius 2 is 1.94 bits per heavy atom. The number of aromatic nitrogens is 4. The Labute approximate surface area is 188 Å². The summed E-state index contributed by atoms with van der Waals surface area (Å²) in [7, 11) is 5.78. The van der Waals surface area contributed by atoms with Gasteiger partial charge in [-0.3, -0.25) is 4.68 Å². The van der Waals surface area contributed by atoms with Crippen LogP contribution in [0, 0.1) is 25.2 Å². The van der Waals surface area contributed by atoms with Gasteiger partial charge in [-0.15, -0.1) is 0 Å². The Balaban J connectivity index is 1.99. The van der Waals surface area contributed by atoms with E-state index in [0.717, 1.165) is 39.6 Å². The highest BCUT2D eigenvalue weighted by Gasteiger charge is 2.18. The molecule has 8 heteroatoms. The average Bonchev–Trinajstić information content (AvgIpc) is 2.97. The highest BCUT2D eigenvalue weighted by Crippen LogP contribution is 2.29. The van der Waals surface area contributed by atoms with Gasteiger partial charge >= 0.3 is 0 Å². The Hall–Kier alpha value is -3.11. The second-order valence-electron chi connectivity index (χ2n) is 8.10. The average molecular weight is 438 g/mol. The van der Waals surface area contributed by atoms with Gasteiger partial charge in [-0.25, -0.2) is 9.97 Å². The standard InChI is InChI=1S/C23H28ClN7/c1-14(2)19-11-17(27-23-22(19)16(4)28-31(23)7)13-29(5)21(8-9-25)30(6)18-10-15(3)26-20(24)12-18/h8,10-12,14H,13H2,1-7H3/b21-8-. The van der Waals surface area contributed by atoms with Crippen LogP contribution in [-0.2, 0) is 13.6 Å². The largest absolute Gasteiger partial charge is 0.355 e. The number of aryl methyl sites for hydroxylation is 3. The van der Waals surface area contributed by atoms with Crippen molar-refractivity contribution in [2.24, 2.45) is 7.05 Å². The Kier molecular flexibility index (Phi) is 6.51. The Morgan fingerprint density at radius 1 is 1.23 bits per heavy atom. The van der Waals surface area contributed by atoms with Gasteiger partial charge in [0.1, 0.15) is 11.0 Å². The highest BCUT2D eigenvalue weighted by molar-refractivity contribution is 6.29. The molecule has 7 nitrogen and oxygen atoms in total. The van der Waals surface area contributed by atoms with E-state index in [9.17, 15) is 5.26 Å². The van der Waals surface area contributed by atoms with Crippen LogP contribution in [0.4, 0.5) is 5.69 Å². The van der Waals surface area contributed by atoms with Crippen molar-refractivity contribution in [3.63, 3.8) is 0 Å². The molecular weight excluding hydrogens is 410 g/mol. The van der Waals surface area contributed by atoms with Gasteiger partial charge < -0.3 is 9.80 Å². The van der Waals surface area contributed by atoms with Crippen LogP contribution in [0.3, 0.4) is 0 Å². The van der Waals surface area contributed by atoms with Crippen molar-refractivity contribution in [1.82, 2.24) is 24.6 Å². The van der Waals surface area contributed by atoms with Crippen LogP contribution in [0.1, 0.15) is 42.4 Å². The van der Waals surface area contributed by atoms with E-state index in [1.165, 1.54) is 11.6 Å². The smallest absolute Gasteiger partial charge is 0.158 e. The van der Waals surface area contributed by atoms with Crippen molar-refractivity contribution < 1.29 is 0 Å². The van der Waals surface area contributed by atoms with Crippen LogP contribution in [0.5, 0.6) is 0 Å². The van der Waals surface area contributed by atoms with Gasteiger partial charge in [0.05, 0.1) is 30.1 Å². The van der Waals surface area contributed by atoms with Crippen molar-refractivity contribution >= 4 is 28.3 Å². The SMILES string of the molecule is Cc1cc(N(C)/C(=C\C#N)N(C)Cc2cc(C(C)C)c3c(C)nn(C)c3n2)cc(Cl)n1. The number of hydrogen-bond donors (Lipinski definition) is 0. The molecule has 3 heterocycles. The molecule has 0 aliphatic carbocycles. The number of allylic oxidation sites excluding steroid dienone is 1. The fourth-order valence-corrected chi connectivity index (χ4v) is 4.10. The van der Waals surface area contributed by atoms with Gasteiger partial charge in [-0.1, -0.05) is 25.4 Å². The number of fused-ring (bicyclic) bond motifs is 1. The zero-order valence-electron chi connectivity index (χ0n) is 19.1. The van der Waals surface area contributed by atoms with Crippen molar-refractivity contribution in [3.8, 4) is 6.07 Å². The molecule has 3 aromatic heterocycles. The molecule has 0 bridgehead atoms. The maximum Gasteiger partial charge on any atom is 0.158 e. The van der Waals surface area contributed by atoms with Crippen LogP contribution < -0.4 is 4.90 Å². The summed E-state index contributed by atoms with van der Waals surface area (Å²) in [5.74, 6) is 1.08. The van der Waals surface area contributed by atoms with Crippen LogP contribution in [0.15, 0.2) is 30.1 Å². The van der Waals surface area contributed by atoms with E-state index in [0.29, 0.717) is 17.6 Å². The fraction of sp³-hybridized carbons (Fsp3) is 0.391. The summed E-state index contributed by atoms with van der Waals surface area (Å²) in [6.07, 6.45) is 1.53. The number of rotatable bonds is 6. The molecule has 0 saturated heterocycles. The summed E-state index contributed by atoms with van der Waals surface area (Å²) in [6, 6.07) is 8.03. The van der Waals surface area contributed by atoms with Crippen LogP contribution in [0.25, 0.3) is 11.0 Å². The maximum atomic E-state index is 9.41. The molecule has 3 aromatic rings. The minimum absolute atomic E-state index is 0.344. The second-order valence-corrected chi connectivity index (χ2v) is 8.49. The normalized spacial score (nSPS) is 11.8. The number of anilines is 1. The first kappa shape index (κ1) is 22.6. The summed E-state index contributed by atoms with van der Waals surface area (Å²) in [6.45, 7) is 8.81. The lowest BCUT2D eigenvalue weighted by atomic mass is 9.99. The van der Waals surface area contributed by atoms with Crippen molar-refractivity contribution in [2.75, 3.05) is 19.0 Å².